The normalized spacial score (nSPS) is 6.00. The van der Waals surface area contributed by atoms with E-state index in [1.165, 1.54) is 0 Å². The zero-order valence-electron chi connectivity index (χ0n) is 2.67. The van der Waals surface area contributed by atoms with Gasteiger partial charge in [-0.2, -0.15) is 0 Å². The number of alkyl halides is 2. The van der Waals surface area contributed by atoms with Gasteiger partial charge in [0, 0.05) is 39.1 Å². The molecule has 0 rings (SSSR count). The van der Waals surface area contributed by atoms with Crippen LogP contribution in [0, 0.1) is 0 Å². The van der Waals surface area contributed by atoms with Gasteiger partial charge in [0.1, 0.15) is 0 Å². The summed E-state index contributed by atoms with van der Waals surface area (Å²) in [5.41, 5.74) is 0. The van der Waals surface area contributed by atoms with E-state index in [2.05, 4.69) is 0 Å². The van der Waals surface area contributed by atoms with E-state index >= 15 is 0 Å². The summed E-state index contributed by atoms with van der Waals surface area (Å²) in [6, 6.07) is 0. The zero-order valence-corrected chi connectivity index (χ0v) is 8.07. The molecule has 0 fully saturated rings. The van der Waals surface area contributed by atoms with Crippen LogP contribution in [-0.2, 0) is 0 Å². The van der Waals surface area contributed by atoms with Gasteiger partial charge in [0.15, 0.2) is 0 Å². The van der Waals surface area contributed by atoms with Crippen LogP contribution >= 0.6 is 23.2 Å². The SMILES string of the molecule is ClCCCl.[Pb]. The van der Waals surface area contributed by atoms with Gasteiger partial charge in [0.05, 0.1) is 0 Å². The van der Waals surface area contributed by atoms with Crippen molar-refractivity contribution >= 4 is 50.5 Å². The Morgan fingerprint density at radius 2 is 1.20 bits per heavy atom. The van der Waals surface area contributed by atoms with E-state index in [1.54, 1.807) is 0 Å². The predicted molar refractivity (Wildman–Crippen MR) is 27.2 cm³/mol. The molecule has 30 valence electrons. The first-order chi connectivity index (χ1) is 1.91. The van der Waals surface area contributed by atoms with Crippen LogP contribution < -0.4 is 0 Å². The molecule has 0 saturated carbocycles. The van der Waals surface area contributed by atoms with E-state index in [0.717, 1.165) is 0 Å². The summed E-state index contributed by atoms with van der Waals surface area (Å²) in [6.45, 7) is 0. The van der Waals surface area contributed by atoms with Crippen molar-refractivity contribution in [2.24, 2.45) is 0 Å². The Kier molecular flexibility index (Phi) is 17.7. The average Bonchev–Trinajstić information content (AvgIpc) is 1.37. The third-order valence-corrected chi connectivity index (χ3v) is 0.643. The average molecular weight is 306 g/mol. The molecule has 0 amide bonds. The number of hydrogen-bond donors (Lipinski definition) is 0. The molecule has 0 aromatic heterocycles. The second-order valence-corrected chi connectivity index (χ2v) is 1.13. The fourth-order valence-electron chi connectivity index (χ4n) is 0. The van der Waals surface area contributed by atoms with E-state index in [1.807, 2.05) is 0 Å². The summed E-state index contributed by atoms with van der Waals surface area (Å²) in [7, 11) is 0. The molecular weight excluding hydrogens is 302 g/mol. The maximum atomic E-state index is 5.05. The molecule has 0 aliphatic heterocycles. The Hall–Kier alpha value is 1.50. The minimum absolute atomic E-state index is 0. The molecule has 0 bridgehead atoms. The largest absolute Gasteiger partial charge is 0.125 e. The first-order valence-corrected chi connectivity index (χ1v) is 2.10. The molecule has 5 heavy (non-hydrogen) atoms. The van der Waals surface area contributed by atoms with E-state index in [9.17, 15) is 0 Å². The van der Waals surface area contributed by atoms with Crippen LogP contribution in [0.15, 0.2) is 0 Å². The van der Waals surface area contributed by atoms with Crippen molar-refractivity contribution in [2.45, 2.75) is 0 Å². The van der Waals surface area contributed by atoms with Crippen LogP contribution in [0.5, 0.6) is 0 Å². The van der Waals surface area contributed by atoms with Gasteiger partial charge >= 0.3 is 0 Å². The molecule has 0 atom stereocenters. The number of halogens is 2. The Labute approximate surface area is 62.0 Å². The summed E-state index contributed by atoms with van der Waals surface area (Å²) >= 11 is 10.1. The molecule has 3 heteroatoms. The number of rotatable bonds is 1. The van der Waals surface area contributed by atoms with Crippen LogP contribution in [0.4, 0.5) is 0 Å². The maximum absolute atomic E-state index is 5.05. The van der Waals surface area contributed by atoms with Crippen molar-refractivity contribution in [3.8, 4) is 0 Å². The summed E-state index contributed by atoms with van der Waals surface area (Å²) in [5, 5.41) is 0. The molecule has 0 aromatic rings. The van der Waals surface area contributed by atoms with Gasteiger partial charge in [-0.1, -0.05) is 0 Å². The van der Waals surface area contributed by atoms with Gasteiger partial charge in [0.25, 0.3) is 0 Å². The molecule has 0 heterocycles. The quantitative estimate of drug-likeness (QED) is 0.502. The summed E-state index contributed by atoms with van der Waals surface area (Å²) in [5.74, 6) is 1.11. The maximum Gasteiger partial charge on any atom is 0.0359 e. The van der Waals surface area contributed by atoms with Gasteiger partial charge < -0.3 is 0 Å². The fourth-order valence-corrected chi connectivity index (χ4v) is 0. The van der Waals surface area contributed by atoms with Crippen molar-refractivity contribution < 1.29 is 0 Å². The second-order valence-electron chi connectivity index (χ2n) is 0.378. The molecule has 0 saturated heterocycles. The van der Waals surface area contributed by atoms with E-state index in [-0.39, 0.29) is 27.3 Å². The Bertz CT molecular complexity index is 9.61. The minimum atomic E-state index is 0. The van der Waals surface area contributed by atoms with Crippen LogP contribution in [0.1, 0.15) is 0 Å². The Morgan fingerprint density at radius 1 is 1.00 bits per heavy atom. The molecule has 0 aliphatic carbocycles. The van der Waals surface area contributed by atoms with Crippen molar-refractivity contribution in [3.63, 3.8) is 0 Å². The Balaban J connectivity index is 0. The van der Waals surface area contributed by atoms with E-state index in [0.29, 0.717) is 11.8 Å². The van der Waals surface area contributed by atoms with Crippen LogP contribution in [0.3, 0.4) is 0 Å². The molecule has 0 N–H and O–H groups in total. The molecule has 0 spiro atoms. The molecule has 0 aromatic carbocycles. The van der Waals surface area contributed by atoms with Crippen LogP contribution in [-0.4, -0.2) is 39.1 Å². The molecule has 0 aliphatic rings. The zero-order chi connectivity index (χ0) is 3.41. The molecule has 4 radical (unpaired) electrons. The van der Waals surface area contributed by atoms with Crippen molar-refractivity contribution in [2.75, 3.05) is 11.8 Å². The molecular formula is C2H4Cl2Pb. The van der Waals surface area contributed by atoms with Gasteiger partial charge in [-0.15, -0.1) is 23.2 Å². The standard InChI is InChI=1S/C2H4Cl2.Pb/c3-1-2-4;/h1-2H2;. The summed E-state index contributed by atoms with van der Waals surface area (Å²) in [4.78, 5) is 0. The van der Waals surface area contributed by atoms with Gasteiger partial charge in [0.2, 0.25) is 0 Å². The Morgan fingerprint density at radius 3 is 1.20 bits per heavy atom. The predicted octanol–water partition coefficient (Wildman–Crippen LogP) is 1.08. The monoisotopic (exact) mass is 306 g/mol. The smallest absolute Gasteiger partial charge is 0.0359 e. The molecule has 0 nitrogen and oxygen atoms in total. The summed E-state index contributed by atoms with van der Waals surface area (Å²) < 4.78 is 0. The molecule has 0 unspecified atom stereocenters. The van der Waals surface area contributed by atoms with Crippen LogP contribution in [0.25, 0.3) is 0 Å². The second kappa shape index (κ2) is 9.09. The number of hydrogen-bond acceptors (Lipinski definition) is 0. The van der Waals surface area contributed by atoms with Gasteiger partial charge in [-0.25, -0.2) is 0 Å². The first kappa shape index (κ1) is 9.71. The van der Waals surface area contributed by atoms with E-state index < -0.39 is 0 Å². The topological polar surface area (TPSA) is 0 Å². The van der Waals surface area contributed by atoms with Crippen LogP contribution in [0.2, 0.25) is 0 Å². The van der Waals surface area contributed by atoms with Gasteiger partial charge in [-0.3, -0.25) is 0 Å². The van der Waals surface area contributed by atoms with Crippen molar-refractivity contribution in [1.82, 2.24) is 0 Å². The van der Waals surface area contributed by atoms with Crippen molar-refractivity contribution in [3.05, 3.63) is 0 Å². The minimum Gasteiger partial charge on any atom is -0.125 e. The van der Waals surface area contributed by atoms with Crippen molar-refractivity contribution in [1.29, 1.82) is 0 Å². The van der Waals surface area contributed by atoms with Gasteiger partial charge in [-0.05, 0) is 0 Å². The fraction of sp³-hybridized carbons (Fsp3) is 1.00. The third kappa shape index (κ3) is 10.8. The van der Waals surface area contributed by atoms with E-state index in [4.69, 9.17) is 23.2 Å². The summed E-state index contributed by atoms with van der Waals surface area (Å²) in [6.07, 6.45) is 0. The third-order valence-electron chi connectivity index (χ3n) is 0.0714. The first-order valence-electron chi connectivity index (χ1n) is 1.03.